The topological polar surface area (TPSA) is 44.0 Å². The zero-order valence-corrected chi connectivity index (χ0v) is 17.6. The van der Waals surface area contributed by atoms with Crippen LogP contribution in [0, 0.1) is 33.5 Å². The van der Waals surface area contributed by atoms with Crippen LogP contribution in [0.4, 0.5) is 4.39 Å². The van der Waals surface area contributed by atoms with E-state index < -0.39 is 17.1 Å². The predicted octanol–water partition coefficient (Wildman–Crippen LogP) is 4.63. The molecule has 0 saturated heterocycles. The van der Waals surface area contributed by atoms with Crippen molar-refractivity contribution in [1.29, 1.82) is 0 Å². The molecule has 2 aromatic carbocycles. The van der Waals surface area contributed by atoms with E-state index in [1.807, 2.05) is 20.8 Å². The van der Waals surface area contributed by atoms with Crippen LogP contribution >= 0.6 is 11.3 Å². The zero-order chi connectivity index (χ0) is 20.9. The molecule has 4 rings (SSSR count). The van der Waals surface area contributed by atoms with Gasteiger partial charge >= 0.3 is 5.69 Å². The number of nitrogens with zero attached hydrogens (tertiary/aromatic N) is 2. The predicted molar refractivity (Wildman–Crippen MR) is 116 cm³/mol. The van der Waals surface area contributed by atoms with Gasteiger partial charge in [-0.05, 0) is 73.5 Å². The lowest BCUT2D eigenvalue weighted by atomic mass is 10.00. The summed E-state index contributed by atoms with van der Waals surface area (Å²) in [5.41, 5.74) is 4.82. The number of halogens is 1. The summed E-state index contributed by atoms with van der Waals surface area (Å²) in [5, 5.41) is 1.80. The van der Waals surface area contributed by atoms with Crippen LogP contribution in [0.15, 0.2) is 51.4 Å². The molecule has 4 nitrogen and oxygen atoms in total. The molecule has 0 bridgehead atoms. The average molecular weight is 408 g/mol. The molecular formula is C23H21FN2O2S. The fourth-order valence-electron chi connectivity index (χ4n) is 3.81. The Labute approximate surface area is 171 Å². The molecule has 0 radical (unpaired) electrons. The molecule has 2 heterocycles. The van der Waals surface area contributed by atoms with Crippen LogP contribution < -0.4 is 11.2 Å². The average Bonchev–Trinajstić information content (AvgIpc) is 3.13. The molecule has 0 amide bonds. The molecule has 0 unspecified atom stereocenters. The van der Waals surface area contributed by atoms with E-state index in [2.05, 4.69) is 12.1 Å². The van der Waals surface area contributed by atoms with Crippen LogP contribution in [0.2, 0.25) is 0 Å². The summed E-state index contributed by atoms with van der Waals surface area (Å²) in [7, 11) is 0. The van der Waals surface area contributed by atoms with Crippen molar-refractivity contribution < 1.29 is 4.39 Å². The van der Waals surface area contributed by atoms with Gasteiger partial charge in [-0.1, -0.05) is 23.8 Å². The second-order valence-corrected chi connectivity index (χ2v) is 8.37. The van der Waals surface area contributed by atoms with E-state index in [-0.39, 0.29) is 5.69 Å². The van der Waals surface area contributed by atoms with Crippen LogP contribution in [0.25, 0.3) is 15.9 Å². The van der Waals surface area contributed by atoms with E-state index in [0.29, 0.717) is 22.3 Å². The molecule has 0 fully saturated rings. The fourth-order valence-corrected chi connectivity index (χ4v) is 4.63. The van der Waals surface area contributed by atoms with Crippen molar-refractivity contribution in [2.24, 2.45) is 0 Å². The van der Waals surface area contributed by atoms with Crippen molar-refractivity contribution in [1.82, 2.24) is 9.13 Å². The summed E-state index contributed by atoms with van der Waals surface area (Å²) in [6.45, 7) is 8.08. The first-order valence-corrected chi connectivity index (χ1v) is 10.2. The van der Waals surface area contributed by atoms with Gasteiger partial charge in [0.1, 0.15) is 10.5 Å². The van der Waals surface area contributed by atoms with Crippen LogP contribution in [0.1, 0.15) is 27.8 Å². The Kier molecular flexibility index (Phi) is 4.74. The molecule has 4 aromatic rings. The summed E-state index contributed by atoms with van der Waals surface area (Å²) in [4.78, 5) is 26.4. The lowest BCUT2D eigenvalue weighted by molar-refractivity contribution is 0.615. The van der Waals surface area contributed by atoms with Crippen LogP contribution in [-0.2, 0) is 6.54 Å². The first-order valence-electron chi connectivity index (χ1n) is 9.34. The first kappa shape index (κ1) is 19.3. The third kappa shape index (κ3) is 3.23. The summed E-state index contributed by atoms with van der Waals surface area (Å²) >= 11 is 1.29. The van der Waals surface area contributed by atoms with Crippen LogP contribution in [-0.4, -0.2) is 9.13 Å². The maximum atomic E-state index is 14.2. The summed E-state index contributed by atoms with van der Waals surface area (Å²) in [6.07, 6.45) is 0. The van der Waals surface area contributed by atoms with E-state index in [4.69, 9.17) is 0 Å². The quantitative estimate of drug-likeness (QED) is 0.496. The van der Waals surface area contributed by atoms with Gasteiger partial charge < -0.3 is 0 Å². The molecule has 2 aromatic heterocycles. The van der Waals surface area contributed by atoms with E-state index in [0.717, 1.165) is 26.8 Å². The number of fused-ring (bicyclic) bond motifs is 1. The van der Waals surface area contributed by atoms with Gasteiger partial charge in [0.2, 0.25) is 0 Å². The molecule has 0 spiro atoms. The second-order valence-electron chi connectivity index (χ2n) is 7.46. The molecule has 6 heteroatoms. The lowest BCUT2D eigenvalue weighted by Gasteiger charge is -2.16. The fraction of sp³-hybridized carbons (Fsp3) is 0.217. The molecule has 0 atom stereocenters. The van der Waals surface area contributed by atoms with Crippen LogP contribution in [0.5, 0.6) is 0 Å². The Morgan fingerprint density at radius 1 is 0.931 bits per heavy atom. The minimum absolute atomic E-state index is 0.240. The highest BCUT2D eigenvalue weighted by molar-refractivity contribution is 7.17. The van der Waals surface area contributed by atoms with E-state index in [1.54, 1.807) is 35.1 Å². The Hall–Kier alpha value is -2.99. The maximum Gasteiger partial charge on any atom is 0.336 e. The monoisotopic (exact) mass is 408 g/mol. The highest BCUT2D eigenvalue weighted by Gasteiger charge is 2.18. The Bertz CT molecular complexity index is 1360. The van der Waals surface area contributed by atoms with Crippen molar-refractivity contribution in [2.45, 2.75) is 34.2 Å². The number of rotatable bonds is 3. The Morgan fingerprint density at radius 3 is 2.28 bits per heavy atom. The van der Waals surface area contributed by atoms with Crippen molar-refractivity contribution in [3.8, 4) is 5.69 Å². The lowest BCUT2D eigenvalue weighted by Crippen LogP contribution is -2.39. The Balaban J connectivity index is 2.01. The summed E-state index contributed by atoms with van der Waals surface area (Å²) in [5.74, 6) is -0.447. The molecule has 0 N–H and O–H groups in total. The second kappa shape index (κ2) is 7.12. The highest BCUT2D eigenvalue weighted by atomic mass is 32.1. The van der Waals surface area contributed by atoms with Gasteiger partial charge in [-0.15, -0.1) is 11.3 Å². The molecule has 29 heavy (non-hydrogen) atoms. The smallest absolute Gasteiger partial charge is 0.288 e. The normalized spacial score (nSPS) is 11.3. The molecule has 0 aliphatic heterocycles. The van der Waals surface area contributed by atoms with Gasteiger partial charge in [0.05, 0.1) is 17.7 Å². The maximum absolute atomic E-state index is 14.2. The SMILES string of the molecule is Cc1cc(C)c(Cn2c(=O)n(-c3ccc(C)c(F)c3)c(=O)c3sccc32)c(C)c1. The molecule has 0 aliphatic rings. The number of benzene rings is 2. The van der Waals surface area contributed by atoms with Gasteiger partial charge in [-0.2, -0.15) is 0 Å². The Morgan fingerprint density at radius 2 is 1.62 bits per heavy atom. The van der Waals surface area contributed by atoms with Gasteiger partial charge in [-0.3, -0.25) is 9.36 Å². The van der Waals surface area contributed by atoms with Crippen molar-refractivity contribution >= 4 is 21.6 Å². The number of aromatic nitrogens is 2. The van der Waals surface area contributed by atoms with E-state index >= 15 is 0 Å². The third-order valence-corrected chi connectivity index (χ3v) is 6.22. The first-order chi connectivity index (χ1) is 13.8. The van der Waals surface area contributed by atoms with Gasteiger partial charge in [0, 0.05) is 0 Å². The minimum atomic E-state index is -0.469. The molecule has 0 saturated carbocycles. The van der Waals surface area contributed by atoms with Gasteiger partial charge in [-0.25, -0.2) is 13.8 Å². The van der Waals surface area contributed by atoms with Crippen molar-refractivity contribution in [3.63, 3.8) is 0 Å². The number of aryl methyl sites for hydroxylation is 4. The van der Waals surface area contributed by atoms with Crippen LogP contribution in [0.3, 0.4) is 0 Å². The minimum Gasteiger partial charge on any atom is -0.288 e. The number of hydrogen-bond donors (Lipinski definition) is 0. The molecule has 0 aliphatic carbocycles. The van der Waals surface area contributed by atoms with Gasteiger partial charge in [0.25, 0.3) is 5.56 Å². The summed E-state index contributed by atoms with van der Waals surface area (Å²) < 4.78 is 17.3. The summed E-state index contributed by atoms with van der Waals surface area (Å²) in [6, 6.07) is 10.4. The zero-order valence-electron chi connectivity index (χ0n) is 16.7. The van der Waals surface area contributed by atoms with E-state index in [9.17, 15) is 14.0 Å². The third-order valence-electron chi connectivity index (χ3n) is 5.32. The highest BCUT2D eigenvalue weighted by Crippen LogP contribution is 2.21. The largest absolute Gasteiger partial charge is 0.336 e. The van der Waals surface area contributed by atoms with E-state index in [1.165, 1.54) is 17.4 Å². The number of hydrogen-bond acceptors (Lipinski definition) is 3. The standard InChI is InChI=1S/C23H21FN2O2S/c1-13-9-15(3)18(16(4)10-13)12-25-20-7-8-29-21(20)22(27)26(23(25)28)17-6-5-14(2)19(24)11-17/h5-11H,12H2,1-4H3. The number of thiophene rings is 1. The van der Waals surface area contributed by atoms with Crippen molar-refractivity contribution in [3.05, 3.63) is 96.3 Å². The molecular weight excluding hydrogens is 387 g/mol. The van der Waals surface area contributed by atoms with Crippen molar-refractivity contribution in [2.75, 3.05) is 0 Å². The molecule has 148 valence electrons. The van der Waals surface area contributed by atoms with Gasteiger partial charge in [0.15, 0.2) is 0 Å².